The van der Waals surface area contributed by atoms with Gasteiger partial charge in [0.25, 0.3) is 0 Å². The van der Waals surface area contributed by atoms with Crippen LogP contribution in [-0.4, -0.2) is 55.4 Å². The van der Waals surface area contributed by atoms with Crippen molar-refractivity contribution in [1.29, 1.82) is 0 Å². The number of rotatable bonds is 8. The van der Waals surface area contributed by atoms with E-state index >= 15 is 0 Å². The maximum atomic E-state index is 12.6. The largest absolute Gasteiger partial charge is 0.496 e. The second-order valence-corrected chi connectivity index (χ2v) is 7.65. The van der Waals surface area contributed by atoms with Crippen molar-refractivity contribution >= 4 is 17.7 Å². The standard InChI is InChI=1S/C24H29N3O4/c1-31-21-10-6-5-9-19(21)16-24(30)27-13-11-20(12-14-27)26-23(29)17-25-22(28)15-18-7-3-2-4-8-18/h2-10,20H,11-17H2,1H3,(H,25,28)(H,26,29). The van der Waals surface area contributed by atoms with Crippen LogP contribution in [0.3, 0.4) is 0 Å². The van der Waals surface area contributed by atoms with Gasteiger partial charge in [-0.25, -0.2) is 0 Å². The summed E-state index contributed by atoms with van der Waals surface area (Å²) in [5.41, 5.74) is 1.78. The summed E-state index contributed by atoms with van der Waals surface area (Å²) in [6, 6.07) is 16.9. The molecule has 1 heterocycles. The van der Waals surface area contributed by atoms with Crippen LogP contribution in [0.4, 0.5) is 0 Å². The van der Waals surface area contributed by atoms with Gasteiger partial charge in [0.2, 0.25) is 17.7 Å². The Bertz CT molecular complexity index is 893. The predicted octanol–water partition coefficient (Wildman–Crippen LogP) is 1.70. The van der Waals surface area contributed by atoms with Gasteiger partial charge in [-0.05, 0) is 24.5 Å². The molecule has 31 heavy (non-hydrogen) atoms. The van der Waals surface area contributed by atoms with E-state index < -0.39 is 0 Å². The molecule has 0 unspecified atom stereocenters. The Morgan fingerprint density at radius 1 is 0.935 bits per heavy atom. The third-order valence-electron chi connectivity index (χ3n) is 5.40. The van der Waals surface area contributed by atoms with E-state index in [1.165, 1.54) is 0 Å². The number of benzene rings is 2. The first-order valence-electron chi connectivity index (χ1n) is 10.5. The van der Waals surface area contributed by atoms with E-state index in [0.717, 1.165) is 11.1 Å². The molecule has 0 atom stereocenters. The number of piperidine rings is 1. The minimum atomic E-state index is -0.208. The van der Waals surface area contributed by atoms with E-state index in [1.54, 1.807) is 7.11 Å². The molecule has 0 aromatic heterocycles. The van der Waals surface area contributed by atoms with Gasteiger partial charge in [-0.3, -0.25) is 14.4 Å². The van der Waals surface area contributed by atoms with Crippen molar-refractivity contribution in [3.05, 3.63) is 65.7 Å². The van der Waals surface area contributed by atoms with E-state index in [0.29, 0.717) is 38.1 Å². The highest BCUT2D eigenvalue weighted by Crippen LogP contribution is 2.19. The average molecular weight is 424 g/mol. The average Bonchev–Trinajstić information content (AvgIpc) is 2.79. The Morgan fingerprint density at radius 2 is 1.61 bits per heavy atom. The highest BCUT2D eigenvalue weighted by Gasteiger charge is 2.24. The second-order valence-electron chi connectivity index (χ2n) is 7.65. The van der Waals surface area contributed by atoms with Gasteiger partial charge in [0.05, 0.1) is 26.5 Å². The molecule has 0 aliphatic carbocycles. The Kier molecular flexibility index (Phi) is 8.04. The summed E-state index contributed by atoms with van der Waals surface area (Å²) in [4.78, 5) is 38.6. The maximum Gasteiger partial charge on any atom is 0.239 e. The summed E-state index contributed by atoms with van der Waals surface area (Å²) in [5.74, 6) is 0.382. The molecular formula is C24H29N3O4. The molecule has 1 aliphatic heterocycles. The number of amides is 3. The van der Waals surface area contributed by atoms with E-state index in [4.69, 9.17) is 4.74 Å². The minimum Gasteiger partial charge on any atom is -0.496 e. The maximum absolute atomic E-state index is 12.6. The van der Waals surface area contributed by atoms with E-state index in [9.17, 15) is 14.4 Å². The summed E-state index contributed by atoms with van der Waals surface area (Å²) in [5, 5.41) is 5.61. The number of carbonyl (C=O) groups excluding carboxylic acids is 3. The van der Waals surface area contributed by atoms with Crippen LogP contribution in [0.5, 0.6) is 5.75 Å². The lowest BCUT2D eigenvalue weighted by atomic mass is 10.0. The number of ether oxygens (including phenoxy) is 1. The number of nitrogens with one attached hydrogen (secondary N) is 2. The quantitative estimate of drug-likeness (QED) is 0.677. The lowest BCUT2D eigenvalue weighted by Gasteiger charge is -2.32. The highest BCUT2D eigenvalue weighted by molar-refractivity contribution is 5.85. The zero-order chi connectivity index (χ0) is 22.1. The molecule has 0 radical (unpaired) electrons. The molecular weight excluding hydrogens is 394 g/mol. The van der Waals surface area contributed by atoms with Crippen molar-refractivity contribution in [2.75, 3.05) is 26.7 Å². The third-order valence-corrected chi connectivity index (χ3v) is 5.40. The summed E-state index contributed by atoms with van der Waals surface area (Å²) < 4.78 is 5.32. The highest BCUT2D eigenvalue weighted by atomic mass is 16.5. The molecule has 1 aliphatic rings. The third kappa shape index (κ3) is 6.84. The summed E-state index contributed by atoms with van der Waals surface area (Å²) in [6.45, 7) is 1.15. The molecule has 2 aromatic rings. The Balaban J connectivity index is 1.37. The summed E-state index contributed by atoms with van der Waals surface area (Å²) in [6.07, 6.45) is 1.94. The first-order chi connectivity index (χ1) is 15.0. The molecule has 2 aromatic carbocycles. The molecule has 1 fully saturated rings. The van der Waals surface area contributed by atoms with Crippen LogP contribution in [0.25, 0.3) is 0 Å². The zero-order valence-electron chi connectivity index (χ0n) is 17.8. The van der Waals surface area contributed by atoms with Crippen LogP contribution < -0.4 is 15.4 Å². The van der Waals surface area contributed by atoms with Crippen LogP contribution >= 0.6 is 0 Å². The normalized spacial score (nSPS) is 14.0. The number of para-hydroxylation sites is 1. The van der Waals surface area contributed by atoms with Gasteiger partial charge in [0.15, 0.2) is 0 Å². The second kappa shape index (κ2) is 11.2. The molecule has 7 nitrogen and oxygen atoms in total. The monoisotopic (exact) mass is 423 g/mol. The Hall–Kier alpha value is -3.35. The van der Waals surface area contributed by atoms with Gasteiger partial charge in [0, 0.05) is 24.7 Å². The fourth-order valence-electron chi connectivity index (χ4n) is 3.70. The van der Waals surface area contributed by atoms with Crippen LogP contribution in [0, 0.1) is 0 Å². The van der Waals surface area contributed by atoms with E-state index in [2.05, 4.69) is 10.6 Å². The van der Waals surface area contributed by atoms with Gasteiger partial charge >= 0.3 is 0 Å². The van der Waals surface area contributed by atoms with E-state index in [-0.39, 0.29) is 36.7 Å². The van der Waals surface area contributed by atoms with Gasteiger partial charge in [0.1, 0.15) is 5.75 Å². The van der Waals surface area contributed by atoms with Crippen molar-refractivity contribution in [3.63, 3.8) is 0 Å². The van der Waals surface area contributed by atoms with Gasteiger partial charge < -0.3 is 20.3 Å². The molecule has 3 rings (SSSR count). The van der Waals surface area contributed by atoms with Crippen molar-refractivity contribution in [1.82, 2.24) is 15.5 Å². The van der Waals surface area contributed by atoms with Gasteiger partial charge in [-0.15, -0.1) is 0 Å². The molecule has 3 amide bonds. The number of hydrogen-bond acceptors (Lipinski definition) is 4. The SMILES string of the molecule is COc1ccccc1CC(=O)N1CCC(NC(=O)CNC(=O)Cc2ccccc2)CC1. The van der Waals surface area contributed by atoms with Crippen LogP contribution in [0.15, 0.2) is 54.6 Å². The zero-order valence-corrected chi connectivity index (χ0v) is 17.8. The van der Waals surface area contributed by atoms with Crippen LogP contribution in [-0.2, 0) is 27.2 Å². The Labute approximate surface area is 182 Å². The first-order valence-corrected chi connectivity index (χ1v) is 10.5. The van der Waals surface area contributed by atoms with Crippen molar-refractivity contribution in [2.45, 2.75) is 31.7 Å². The molecule has 0 spiro atoms. The number of likely N-dealkylation sites (tertiary alicyclic amines) is 1. The molecule has 164 valence electrons. The van der Waals surface area contributed by atoms with Crippen LogP contribution in [0.1, 0.15) is 24.0 Å². The first kappa shape index (κ1) is 22.3. The Morgan fingerprint density at radius 3 is 2.32 bits per heavy atom. The smallest absolute Gasteiger partial charge is 0.239 e. The van der Waals surface area contributed by atoms with Gasteiger partial charge in [-0.1, -0.05) is 48.5 Å². The van der Waals surface area contributed by atoms with E-state index in [1.807, 2.05) is 59.5 Å². The number of carbonyl (C=O) groups is 3. The number of nitrogens with zero attached hydrogens (tertiary/aromatic N) is 1. The fourth-order valence-corrected chi connectivity index (χ4v) is 3.70. The predicted molar refractivity (Wildman–Crippen MR) is 118 cm³/mol. The molecule has 1 saturated heterocycles. The molecule has 0 bridgehead atoms. The lowest BCUT2D eigenvalue weighted by Crippen LogP contribution is -2.49. The van der Waals surface area contributed by atoms with Crippen LogP contribution in [0.2, 0.25) is 0 Å². The van der Waals surface area contributed by atoms with Crippen molar-refractivity contribution < 1.29 is 19.1 Å². The number of methoxy groups -OCH3 is 1. The molecule has 7 heteroatoms. The van der Waals surface area contributed by atoms with Crippen molar-refractivity contribution in [3.8, 4) is 5.75 Å². The summed E-state index contributed by atoms with van der Waals surface area (Å²) >= 11 is 0. The fraction of sp³-hybridized carbons (Fsp3) is 0.375. The molecule has 0 saturated carbocycles. The lowest BCUT2D eigenvalue weighted by molar-refractivity contribution is -0.132. The molecule has 2 N–H and O–H groups in total. The topological polar surface area (TPSA) is 87.7 Å². The van der Waals surface area contributed by atoms with Crippen molar-refractivity contribution in [2.24, 2.45) is 0 Å². The number of hydrogen-bond donors (Lipinski definition) is 2. The summed E-state index contributed by atoms with van der Waals surface area (Å²) in [7, 11) is 1.60. The minimum absolute atomic E-state index is 0.00818. The van der Waals surface area contributed by atoms with Gasteiger partial charge in [-0.2, -0.15) is 0 Å².